The van der Waals surface area contributed by atoms with Crippen LogP contribution in [0.3, 0.4) is 0 Å². The molecule has 1 unspecified atom stereocenters. The summed E-state index contributed by atoms with van der Waals surface area (Å²) in [6.07, 6.45) is 1.04. The van der Waals surface area contributed by atoms with Crippen LogP contribution in [0.4, 0.5) is 0 Å². The van der Waals surface area contributed by atoms with Gasteiger partial charge in [-0.05, 0) is 46.0 Å². The molecule has 1 aromatic carbocycles. The third-order valence-corrected chi connectivity index (χ3v) is 3.59. The van der Waals surface area contributed by atoms with Crippen molar-refractivity contribution in [1.29, 1.82) is 0 Å². The Labute approximate surface area is 123 Å². The van der Waals surface area contributed by atoms with Crippen LogP contribution in [0.25, 0.3) is 0 Å². The average Bonchev–Trinajstić information content (AvgIpc) is 2.28. The van der Waals surface area contributed by atoms with Crippen LogP contribution in [-0.4, -0.2) is 19.0 Å². The largest absolute Gasteiger partial charge is 0.496 e. The lowest BCUT2D eigenvalue weighted by molar-refractivity contribution is 0.412. The summed E-state index contributed by atoms with van der Waals surface area (Å²) in [5.74, 6) is 1.50. The van der Waals surface area contributed by atoms with Crippen molar-refractivity contribution in [2.45, 2.75) is 32.2 Å². The van der Waals surface area contributed by atoms with Crippen LogP contribution in [0.2, 0.25) is 0 Å². The van der Waals surface area contributed by atoms with E-state index in [1.165, 1.54) is 5.56 Å². The molecule has 1 rings (SSSR count). The molecule has 0 fully saturated rings. The van der Waals surface area contributed by atoms with E-state index in [1.807, 2.05) is 6.07 Å². The van der Waals surface area contributed by atoms with Gasteiger partial charge in [0.25, 0.3) is 0 Å². The highest BCUT2D eigenvalue weighted by Crippen LogP contribution is 2.25. The van der Waals surface area contributed by atoms with Crippen LogP contribution in [0.1, 0.15) is 25.8 Å². The SMILES string of the molecule is COc1ccc(CNCC(Cl)CC(C)C)cc1Br. The fourth-order valence-electron chi connectivity index (χ4n) is 1.79. The first-order valence-electron chi connectivity index (χ1n) is 6.20. The minimum atomic E-state index is 0.201. The fraction of sp³-hybridized carbons (Fsp3) is 0.571. The number of hydrogen-bond donors (Lipinski definition) is 1. The summed E-state index contributed by atoms with van der Waals surface area (Å²) >= 11 is 9.71. The number of halogens is 2. The van der Waals surface area contributed by atoms with E-state index in [2.05, 4.69) is 47.2 Å². The molecule has 102 valence electrons. The molecule has 0 aromatic heterocycles. The standard InChI is InChI=1S/C14H21BrClNO/c1-10(2)6-12(16)9-17-8-11-4-5-14(18-3)13(15)7-11/h4-5,7,10,12,17H,6,8-9H2,1-3H3. The van der Waals surface area contributed by atoms with E-state index in [1.54, 1.807) is 7.11 Å². The van der Waals surface area contributed by atoms with Gasteiger partial charge in [-0.1, -0.05) is 19.9 Å². The van der Waals surface area contributed by atoms with E-state index >= 15 is 0 Å². The topological polar surface area (TPSA) is 21.3 Å². The summed E-state index contributed by atoms with van der Waals surface area (Å²) in [5.41, 5.74) is 1.22. The van der Waals surface area contributed by atoms with Gasteiger partial charge < -0.3 is 10.1 Å². The van der Waals surface area contributed by atoms with E-state index in [0.29, 0.717) is 5.92 Å². The average molecular weight is 335 g/mol. The van der Waals surface area contributed by atoms with Crippen molar-refractivity contribution >= 4 is 27.5 Å². The summed E-state index contributed by atoms with van der Waals surface area (Å²) in [6, 6.07) is 6.09. The molecule has 0 spiro atoms. The number of rotatable bonds is 7. The van der Waals surface area contributed by atoms with Crippen LogP contribution in [-0.2, 0) is 6.54 Å². The molecule has 1 N–H and O–H groups in total. The second-order valence-corrected chi connectivity index (χ2v) is 6.30. The molecule has 0 heterocycles. The molecule has 0 aliphatic carbocycles. The summed E-state index contributed by atoms with van der Waals surface area (Å²) in [6.45, 7) is 6.04. The lowest BCUT2D eigenvalue weighted by Gasteiger charge is -2.13. The van der Waals surface area contributed by atoms with Gasteiger partial charge in [-0.15, -0.1) is 11.6 Å². The summed E-state index contributed by atoms with van der Waals surface area (Å²) in [4.78, 5) is 0. The van der Waals surface area contributed by atoms with Gasteiger partial charge in [0.1, 0.15) is 5.75 Å². The highest BCUT2D eigenvalue weighted by atomic mass is 79.9. The minimum absolute atomic E-state index is 0.201. The number of benzene rings is 1. The number of nitrogens with one attached hydrogen (secondary N) is 1. The quantitative estimate of drug-likeness (QED) is 0.755. The van der Waals surface area contributed by atoms with Gasteiger partial charge in [-0.25, -0.2) is 0 Å². The first-order valence-corrected chi connectivity index (χ1v) is 7.43. The molecular weight excluding hydrogens is 314 g/mol. The maximum Gasteiger partial charge on any atom is 0.133 e. The number of methoxy groups -OCH3 is 1. The van der Waals surface area contributed by atoms with E-state index in [-0.39, 0.29) is 5.38 Å². The Morgan fingerprint density at radius 1 is 1.39 bits per heavy atom. The third-order valence-electron chi connectivity index (χ3n) is 2.64. The van der Waals surface area contributed by atoms with Crippen LogP contribution >= 0.6 is 27.5 Å². The van der Waals surface area contributed by atoms with Crippen LogP contribution in [0, 0.1) is 5.92 Å². The zero-order valence-corrected chi connectivity index (χ0v) is 13.5. The van der Waals surface area contributed by atoms with Gasteiger partial charge >= 0.3 is 0 Å². The Bertz CT molecular complexity index is 371. The number of alkyl halides is 1. The van der Waals surface area contributed by atoms with Crippen molar-refractivity contribution < 1.29 is 4.74 Å². The number of ether oxygens (including phenoxy) is 1. The first kappa shape index (κ1) is 15.8. The van der Waals surface area contributed by atoms with Gasteiger partial charge in [0.2, 0.25) is 0 Å². The lowest BCUT2D eigenvalue weighted by atomic mass is 10.1. The Morgan fingerprint density at radius 2 is 2.11 bits per heavy atom. The highest BCUT2D eigenvalue weighted by molar-refractivity contribution is 9.10. The summed E-state index contributed by atoms with van der Waals surface area (Å²) in [5, 5.41) is 3.58. The molecule has 0 aliphatic rings. The monoisotopic (exact) mass is 333 g/mol. The van der Waals surface area contributed by atoms with Gasteiger partial charge in [-0.2, -0.15) is 0 Å². The molecule has 4 heteroatoms. The van der Waals surface area contributed by atoms with Crippen molar-refractivity contribution in [3.05, 3.63) is 28.2 Å². The van der Waals surface area contributed by atoms with Crippen LogP contribution < -0.4 is 10.1 Å². The van der Waals surface area contributed by atoms with E-state index in [0.717, 1.165) is 29.7 Å². The molecule has 0 radical (unpaired) electrons. The van der Waals surface area contributed by atoms with Crippen molar-refractivity contribution in [3.8, 4) is 5.75 Å². The van der Waals surface area contributed by atoms with E-state index in [9.17, 15) is 0 Å². The zero-order chi connectivity index (χ0) is 13.5. The fourth-order valence-corrected chi connectivity index (χ4v) is 2.84. The molecule has 0 bridgehead atoms. The molecule has 1 aromatic rings. The van der Waals surface area contributed by atoms with Gasteiger partial charge in [0.15, 0.2) is 0 Å². The normalized spacial score (nSPS) is 12.8. The first-order chi connectivity index (χ1) is 8.52. The van der Waals surface area contributed by atoms with E-state index in [4.69, 9.17) is 16.3 Å². The van der Waals surface area contributed by atoms with Crippen LogP contribution in [0.5, 0.6) is 5.75 Å². The lowest BCUT2D eigenvalue weighted by Crippen LogP contribution is -2.23. The van der Waals surface area contributed by atoms with Crippen LogP contribution in [0.15, 0.2) is 22.7 Å². The molecule has 18 heavy (non-hydrogen) atoms. The maximum atomic E-state index is 6.23. The zero-order valence-electron chi connectivity index (χ0n) is 11.2. The minimum Gasteiger partial charge on any atom is -0.496 e. The van der Waals surface area contributed by atoms with Gasteiger partial charge in [0, 0.05) is 18.5 Å². The second kappa shape index (κ2) is 8.03. The van der Waals surface area contributed by atoms with Crippen molar-refractivity contribution in [2.75, 3.05) is 13.7 Å². The Hall–Kier alpha value is -0.250. The molecule has 0 aliphatic heterocycles. The second-order valence-electron chi connectivity index (χ2n) is 4.83. The smallest absolute Gasteiger partial charge is 0.133 e. The van der Waals surface area contributed by atoms with Gasteiger partial charge in [0.05, 0.1) is 11.6 Å². The van der Waals surface area contributed by atoms with Gasteiger partial charge in [-0.3, -0.25) is 0 Å². The Morgan fingerprint density at radius 3 is 2.67 bits per heavy atom. The van der Waals surface area contributed by atoms with Crippen molar-refractivity contribution in [2.24, 2.45) is 5.92 Å². The number of hydrogen-bond acceptors (Lipinski definition) is 2. The molecule has 1 atom stereocenters. The van der Waals surface area contributed by atoms with Crippen molar-refractivity contribution in [1.82, 2.24) is 5.32 Å². The molecule has 0 saturated heterocycles. The molecular formula is C14H21BrClNO. The molecule has 0 saturated carbocycles. The predicted octanol–water partition coefficient (Wildman–Crippen LogP) is 4.20. The Kier molecular flexibility index (Phi) is 7.05. The van der Waals surface area contributed by atoms with Crippen molar-refractivity contribution in [3.63, 3.8) is 0 Å². The predicted molar refractivity (Wildman–Crippen MR) is 81.5 cm³/mol. The Balaban J connectivity index is 2.37. The highest BCUT2D eigenvalue weighted by Gasteiger charge is 2.07. The van der Waals surface area contributed by atoms with E-state index < -0.39 is 0 Å². The molecule has 0 amide bonds. The molecule has 2 nitrogen and oxygen atoms in total. The third kappa shape index (κ3) is 5.59. The summed E-state index contributed by atoms with van der Waals surface area (Å²) in [7, 11) is 1.67. The summed E-state index contributed by atoms with van der Waals surface area (Å²) < 4.78 is 6.18. The maximum absolute atomic E-state index is 6.23.